The number of carbonyl (C=O) groups is 2. The van der Waals surface area contributed by atoms with Crippen molar-refractivity contribution < 1.29 is 33.6 Å². The van der Waals surface area contributed by atoms with Gasteiger partial charge in [-0.15, -0.1) is 0 Å². The first kappa shape index (κ1) is 51.3. The van der Waals surface area contributed by atoms with Crippen LogP contribution in [0.15, 0.2) is 24.3 Å². The van der Waals surface area contributed by atoms with E-state index in [9.17, 15) is 14.7 Å². The second kappa shape index (κ2) is 43.0. The molecule has 0 aliphatic carbocycles. The van der Waals surface area contributed by atoms with Crippen LogP contribution >= 0.6 is 0 Å². The van der Waals surface area contributed by atoms with Gasteiger partial charge in [0, 0.05) is 19.4 Å². The smallest absolute Gasteiger partial charge is 0.305 e. The Kier molecular flexibility index (Phi) is 41.6. The van der Waals surface area contributed by atoms with Crippen LogP contribution in [-0.4, -0.2) is 80.9 Å². The summed E-state index contributed by atoms with van der Waals surface area (Å²) in [6.45, 7) is 11.9. The number of aliphatic hydroxyl groups excluding tert-OH is 1. The highest BCUT2D eigenvalue weighted by Crippen LogP contribution is 2.13. The first-order valence-electron chi connectivity index (χ1n) is 22.2. The monoisotopic (exact) mass is 752 g/mol. The van der Waals surface area contributed by atoms with Crippen LogP contribution in [0.25, 0.3) is 0 Å². The largest absolute Gasteiger partial charge is 0.466 e. The molecule has 0 aromatic carbocycles. The molecule has 0 heterocycles. The van der Waals surface area contributed by atoms with Crippen molar-refractivity contribution in [1.29, 1.82) is 0 Å². The van der Waals surface area contributed by atoms with Crippen LogP contribution in [0.2, 0.25) is 0 Å². The lowest BCUT2D eigenvalue weighted by Gasteiger charge is -2.21. The Bertz CT molecular complexity index is 812. The summed E-state index contributed by atoms with van der Waals surface area (Å²) in [6, 6.07) is 0. The van der Waals surface area contributed by atoms with Gasteiger partial charge in [0.25, 0.3) is 0 Å². The number of esters is 2. The Labute approximate surface area is 327 Å². The highest BCUT2D eigenvalue weighted by Gasteiger charge is 2.12. The van der Waals surface area contributed by atoms with Gasteiger partial charge in [-0.05, 0) is 96.6 Å². The summed E-state index contributed by atoms with van der Waals surface area (Å²) >= 11 is 0. The number of allylic oxidation sites excluding steroid dienone is 4. The van der Waals surface area contributed by atoms with Gasteiger partial charge in [-0.25, -0.2) is 0 Å². The molecule has 0 aliphatic heterocycles. The molecule has 0 spiro atoms. The highest BCUT2D eigenvalue weighted by atomic mass is 16.7. The zero-order valence-corrected chi connectivity index (χ0v) is 35.0. The van der Waals surface area contributed by atoms with Crippen molar-refractivity contribution in [2.75, 3.05) is 52.7 Å². The minimum atomic E-state index is -0.265. The van der Waals surface area contributed by atoms with E-state index in [-0.39, 0.29) is 24.8 Å². The molecule has 8 heteroatoms. The zero-order valence-electron chi connectivity index (χ0n) is 35.0. The molecular formula is C45H85NO7. The van der Waals surface area contributed by atoms with Crippen LogP contribution in [0.4, 0.5) is 0 Å². The summed E-state index contributed by atoms with van der Waals surface area (Å²) in [5.41, 5.74) is 0. The fourth-order valence-electron chi connectivity index (χ4n) is 6.18. The number of nitrogens with zero attached hydrogens (tertiary/aromatic N) is 1. The van der Waals surface area contributed by atoms with Gasteiger partial charge in [-0.1, -0.05) is 122 Å². The maximum atomic E-state index is 12.3. The molecule has 0 radical (unpaired) electrons. The lowest BCUT2D eigenvalue weighted by atomic mass is 10.1. The first-order valence-corrected chi connectivity index (χ1v) is 22.2. The fourth-order valence-corrected chi connectivity index (χ4v) is 6.18. The molecule has 0 unspecified atom stereocenters. The standard InChI is InChI=1S/C45H85NO7/c1-4-7-10-13-14-22-27-39-50-43(48)32-24-17-15-18-25-35-46(37-38-47)36-26-19-16-23-28-40-51-44(49)33-31-34-45(52-41-29-20-11-8-5-2)53-42-30-21-12-9-6-3/h8-9,11-12,45,47H,4-7,10,13-42H2,1-3H3/b11-8-,12-9-. The second-order valence-corrected chi connectivity index (χ2v) is 14.5. The number of ether oxygens (including phenoxy) is 4. The molecule has 0 bridgehead atoms. The van der Waals surface area contributed by atoms with Gasteiger partial charge in [-0.2, -0.15) is 0 Å². The Morgan fingerprint density at radius 1 is 0.509 bits per heavy atom. The molecule has 0 aromatic rings. The highest BCUT2D eigenvalue weighted by molar-refractivity contribution is 5.69. The van der Waals surface area contributed by atoms with E-state index < -0.39 is 0 Å². The molecule has 0 atom stereocenters. The molecule has 0 saturated heterocycles. The van der Waals surface area contributed by atoms with Crippen molar-refractivity contribution in [3.05, 3.63) is 24.3 Å². The molecule has 312 valence electrons. The summed E-state index contributed by atoms with van der Waals surface area (Å²) in [5, 5.41) is 9.51. The summed E-state index contributed by atoms with van der Waals surface area (Å²) in [7, 11) is 0. The van der Waals surface area contributed by atoms with E-state index in [4.69, 9.17) is 18.9 Å². The molecule has 0 aliphatic rings. The van der Waals surface area contributed by atoms with Gasteiger partial charge < -0.3 is 29.0 Å². The Balaban J connectivity index is 3.88. The summed E-state index contributed by atoms with van der Waals surface area (Å²) in [4.78, 5) is 26.7. The summed E-state index contributed by atoms with van der Waals surface area (Å²) in [5.74, 6) is -0.170. The van der Waals surface area contributed by atoms with Gasteiger partial charge in [0.15, 0.2) is 6.29 Å². The third-order valence-corrected chi connectivity index (χ3v) is 9.43. The van der Waals surface area contributed by atoms with E-state index in [1.807, 2.05) is 0 Å². The maximum absolute atomic E-state index is 12.3. The average molecular weight is 752 g/mol. The van der Waals surface area contributed by atoms with Gasteiger partial charge >= 0.3 is 11.9 Å². The molecule has 0 rings (SSSR count). The van der Waals surface area contributed by atoms with Crippen molar-refractivity contribution >= 4 is 11.9 Å². The first-order chi connectivity index (χ1) is 26.1. The van der Waals surface area contributed by atoms with E-state index in [1.165, 1.54) is 32.1 Å². The van der Waals surface area contributed by atoms with E-state index in [0.29, 0.717) is 52.1 Å². The van der Waals surface area contributed by atoms with Crippen molar-refractivity contribution in [3.63, 3.8) is 0 Å². The lowest BCUT2D eigenvalue weighted by molar-refractivity contribution is -0.151. The van der Waals surface area contributed by atoms with Crippen LogP contribution in [0.3, 0.4) is 0 Å². The number of aliphatic hydroxyl groups is 1. The topological polar surface area (TPSA) is 94.5 Å². The van der Waals surface area contributed by atoms with E-state index in [1.54, 1.807) is 0 Å². The molecule has 53 heavy (non-hydrogen) atoms. The number of carbonyl (C=O) groups excluding carboxylic acids is 2. The minimum absolute atomic E-state index is 0.0402. The second-order valence-electron chi connectivity index (χ2n) is 14.5. The van der Waals surface area contributed by atoms with Crippen molar-refractivity contribution in [2.45, 2.75) is 200 Å². The molecule has 0 aromatic heterocycles. The lowest BCUT2D eigenvalue weighted by Crippen LogP contribution is -2.29. The predicted octanol–water partition coefficient (Wildman–Crippen LogP) is 11.4. The van der Waals surface area contributed by atoms with Crippen LogP contribution in [-0.2, 0) is 28.5 Å². The van der Waals surface area contributed by atoms with Gasteiger partial charge in [0.1, 0.15) is 0 Å². The van der Waals surface area contributed by atoms with Crippen LogP contribution in [0.5, 0.6) is 0 Å². The Hall–Kier alpha value is -1.74. The third kappa shape index (κ3) is 39.8. The number of hydrogen-bond donors (Lipinski definition) is 1. The minimum Gasteiger partial charge on any atom is -0.466 e. The molecule has 0 fully saturated rings. The zero-order chi connectivity index (χ0) is 38.7. The third-order valence-electron chi connectivity index (χ3n) is 9.43. The fraction of sp³-hybridized carbons (Fsp3) is 0.867. The molecule has 0 amide bonds. The molecule has 8 nitrogen and oxygen atoms in total. The van der Waals surface area contributed by atoms with E-state index in [2.05, 4.69) is 50.0 Å². The molecule has 1 N–H and O–H groups in total. The van der Waals surface area contributed by atoms with Crippen molar-refractivity contribution in [3.8, 4) is 0 Å². The van der Waals surface area contributed by atoms with Gasteiger partial charge in [0.2, 0.25) is 0 Å². The number of unbranched alkanes of at least 4 members (excludes halogenated alkanes) is 16. The van der Waals surface area contributed by atoms with Crippen LogP contribution in [0, 0.1) is 0 Å². The number of rotatable bonds is 42. The summed E-state index contributed by atoms with van der Waals surface area (Å²) in [6.07, 6.45) is 36.4. The van der Waals surface area contributed by atoms with Gasteiger partial charge in [0.05, 0.1) is 33.0 Å². The van der Waals surface area contributed by atoms with Crippen LogP contribution < -0.4 is 0 Å². The predicted molar refractivity (Wildman–Crippen MR) is 221 cm³/mol. The average Bonchev–Trinajstić information content (AvgIpc) is 3.15. The molecule has 0 saturated carbocycles. The molecular weight excluding hydrogens is 666 g/mol. The normalized spacial score (nSPS) is 11.9. The summed E-state index contributed by atoms with van der Waals surface area (Å²) < 4.78 is 22.9. The van der Waals surface area contributed by atoms with Crippen molar-refractivity contribution in [2.24, 2.45) is 0 Å². The van der Waals surface area contributed by atoms with Crippen LogP contribution in [0.1, 0.15) is 194 Å². The van der Waals surface area contributed by atoms with E-state index >= 15 is 0 Å². The van der Waals surface area contributed by atoms with Gasteiger partial charge in [-0.3, -0.25) is 9.59 Å². The Morgan fingerprint density at radius 2 is 0.962 bits per heavy atom. The SMILES string of the molecule is CC/C=C\CCCOC(CCCC(=O)OCCCCCCCN(CCO)CCCCCCCC(=O)OCCCCCCCCC)OCCC/C=C\CC. The Morgan fingerprint density at radius 3 is 1.45 bits per heavy atom. The van der Waals surface area contributed by atoms with E-state index in [0.717, 1.165) is 135 Å². The maximum Gasteiger partial charge on any atom is 0.305 e. The van der Waals surface area contributed by atoms with Crippen molar-refractivity contribution in [1.82, 2.24) is 4.90 Å². The quantitative estimate of drug-likeness (QED) is 0.0285. The number of hydrogen-bond acceptors (Lipinski definition) is 8.